The molecule has 0 amide bonds. The van der Waals surface area contributed by atoms with Crippen molar-refractivity contribution in [3.05, 3.63) is 17.7 Å². The zero-order chi connectivity index (χ0) is 12.5. The second kappa shape index (κ2) is 4.43. The monoisotopic (exact) mass is 240 g/mol. The first kappa shape index (κ1) is 12.0. The Morgan fingerprint density at radius 2 is 2.24 bits per heavy atom. The number of fused-ring (bicyclic) bond motifs is 1. The van der Waals surface area contributed by atoms with Gasteiger partial charge in [-0.25, -0.2) is 0 Å². The Kier molecular flexibility index (Phi) is 3.13. The molecule has 17 heavy (non-hydrogen) atoms. The number of hydrogen-bond donors (Lipinski definition) is 2. The Bertz CT molecular complexity index is 418. The minimum Gasteiger partial charge on any atom is -0.504 e. The number of benzene rings is 1. The molecule has 1 aromatic carbocycles. The van der Waals surface area contributed by atoms with Crippen LogP contribution >= 0.6 is 0 Å². The first-order valence-corrected chi connectivity index (χ1v) is 5.50. The maximum Gasteiger partial charge on any atom is 0.242 e. The van der Waals surface area contributed by atoms with Crippen LogP contribution in [0.2, 0.25) is 0 Å². The third kappa shape index (κ3) is 2.30. The van der Waals surface area contributed by atoms with Crippen molar-refractivity contribution in [2.24, 2.45) is 0 Å². The number of phenols is 1. The molecule has 1 aromatic rings. The smallest absolute Gasteiger partial charge is 0.242 e. The molecular formula is C12H16O5. The van der Waals surface area contributed by atoms with Crippen LogP contribution < -0.4 is 9.47 Å². The molecule has 2 N–H and O–H groups in total. The molecule has 0 saturated heterocycles. The lowest BCUT2D eigenvalue weighted by Crippen LogP contribution is -2.44. The Balaban J connectivity index is 2.32. The Labute approximate surface area is 99.5 Å². The van der Waals surface area contributed by atoms with Gasteiger partial charge in [0.1, 0.15) is 0 Å². The second-order valence-corrected chi connectivity index (χ2v) is 4.06. The Hall–Kier alpha value is -1.46. The first-order valence-electron chi connectivity index (χ1n) is 5.50. The van der Waals surface area contributed by atoms with Crippen LogP contribution in [0.5, 0.6) is 17.2 Å². The first-order chi connectivity index (χ1) is 8.08. The van der Waals surface area contributed by atoms with Crippen LogP contribution in [0, 0.1) is 0 Å². The summed E-state index contributed by atoms with van der Waals surface area (Å²) in [5, 5.41) is 18.8. The van der Waals surface area contributed by atoms with Gasteiger partial charge in [-0.2, -0.15) is 0 Å². The molecule has 1 aliphatic rings. The van der Waals surface area contributed by atoms with Crippen LogP contribution in [-0.4, -0.2) is 29.2 Å². The largest absolute Gasteiger partial charge is 0.504 e. The highest BCUT2D eigenvalue weighted by atomic mass is 16.7. The zero-order valence-electron chi connectivity index (χ0n) is 9.90. The molecule has 0 bridgehead atoms. The van der Waals surface area contributed by atoms with Crippen molar-refractivity contribution >= 4 is 0 Å². The SMILES string of the molecule is CCOC1(C)COc2cc(CO)cc(O)c2O1. The van der Waals surface area contributed by atoms with Gasteiger partial charge in [0.15, 0.2) is 18.1 Å². The minimum atomic E-state index is -0.889. The summed E-state index contributed by atoms with van der Waals surface area (Å²) in [5.41, 5.74) is 0.574. The van der Waals surface area contributed by atoms with E-state index >= 15 is 0 Å². The van der Waals surface area contributed by atoms with Gasteiger partial charge in [-0.1, -0.05) is 0 Å². The minimum absolute atomic E-state index is 0.0582. The highest BCUT2D eigenvalue weighted by molar-refractivity contribution is 5.54. The predicted octanol–water partition coefficient (Wildman–Crippen LogP) is 1.41. The quantitative estimate of drug-likeness (QED) is 0.836. The summed E-state index contributed by atoms with van der Waals surface area (Å²) in [7, 11) is 0. The van der Waals surface area contributed by atoms with Crippen molar-refractivity contribution in [1.82, 2.24) is 0 Å². The summed E-state index contributed by atoms with van der Waals surface area (Å²) in [4.78, 5) is 0. The molecule has 2 rings (SSSR count). The van der Waals surface area contributed by atoms with Crippen LogP contribution in [0.15, 0.2) is 12.1 Å². The molecule has 0 fully saturated rings. The van der Waals surface area contributed by atoms with Gasteiger partial charge in [-0.3, -0.25) is 0 Å². The van der Waals surface area contributed by atoms with Gasteiger partial charge in [-0.05, 0) is 24.6 Å². The number of aromatic hydroxyl groups is 1. The molecule has 1 heterocycles. The molecule has 0 aromatic heterocycles. The fraction of sp³-hybridized carbons (Fsp3) is 0.500. The van der Waals surface area contributed by atoms with E-state index in [1.54, 1.807) is 13.0 Å². The van der Waals surface area contributed by atoms with Gasteiger partial charge >= 0.3 is 0 Å². The summed E-state index contributed by atoms with van der Waals surface area (Å²) in [6, 6.07) is 3.08. The van der Waals surface area contributed by atoms with Crippen molar-refractivity contribution in [1.29, 1.82) is 0 Å². The van der Waals surface area contributed by atoms with Crippen molar-refractivity contribution in [2.45, 2.75) is 26.2 Å². The van der Waals surface area contributed by atoms with Gasteiger partial charge in [-0.15, -0.1) is 0 Å². The van der Waals surface area contributed by atoms with E-state index in [1.165, 1.54) is 6.07 Å². The lowest BCUT2D eigenvalue weighted by atomic mass is 10.1. The van der Waals surface area contributed by atoms with Crippen LogP contribution in [0.3, 0.4) is 0 Å². The molecule has 5 heteroatoms. The van der Waals surface area contributed by atoms with Crippen LogP contribution in [-0.2, 0) is 11.3 Å². The topological polar surface area (TPSA) is 68.2 Å². The standard InChI is InChI=1S/C12H16O5/c1-3-16-12(2)7-15-10-5-8(6-13)4-9(14)11(10)17-12/h4-5,13-14H,3,6-7H2,1-2H3. The average Bonchev–Trinajstić information content (AvgIpc) is 2.30. The molecule has 1 atom stereocenters. The number of rotatable bonds is 3. The highest BCUT2D eigenvalue weighted by Gasteiger charge is 2.35. The fourth-order valence-electron chi connectivity index (χ4n) is 1.77. The molecule has 1 aliphatic heterocycles. The highest BCUT2D eigenvalue weighted by Crippen LogP contribution is 2.43. The molecular weight excluding hydrogens is 224 g/mol. The summed E-state index contributed by atoms with van der Waals surface area (Å²) in [6.07, 6.45) is 0. The van der Waals surface area contributed by atoms with Crippen molar-refractivity contribution in [3.8, 4) is 17.2 Å². The second-order valence-electron chi connectivity index (χ2n) is 4.06. The molecule has 0 aliphatic carbocycles. The predicted molar refractivity (Wildman–Crippen MR) is 60.2 cm³/mol. The molecule has 0 radical (unpaired) electrons. The third-order valence-electron chi connectivity index (χ3n) is 2.54. The van der Waals surface area contributed by atoms with Gasteiger partial charge in [0.05, 0.1) is 6.61 Å². The fourth-order valence-corrected chi connectivity index (χ4v) is 1.77. The number of phenolic OH excluding ortho intramolecular Hbond substituents is 1. The van der Waals surface area contributed by atoms with E-state index in [0.29, 0.717) is 17.9 Å². The van der Waals surface area contributed by atoms with Gasteiger partial charge in [0, 0.05) is 13.5 Å². The molecule has 5 nitrogen and oxygen atoms in total. The van der Waals surface area contributed by atoms with Crippen molar-refractivity contribution in [2.75, 3.05) is 13.2 Å². The summed E-state index contributed by atoms with van der Waals surface area (Å²) in [6.45, 7) is 4.18. The van der Waals surface area contributed by atoms with E-state index in [-0.39, 0.29) is 24.7 Å². The van der Waals surface area contributed by atoms with E-state index in [2.05, 4.69) is 0 Å². The normalized spacial score (nSPS) is 22.5. The average molecular weight is 240 g/mol. The molecule has 0 saturated carbocycles. The van der Waals surface area contributed by atoms with Gasteiger partial charge in [0.2, 0.25) is 11.5 Å². The number of aliphatic hydroxyl groups is 1. The lowest BCUT2D eigenvalue weighted by Gasteiger charge is -2.35. The Morgan fingerprint density at radius 1 is 1.47 bits per heavy atom. The van der Waals surface area contributed by atoms with Gasteiger partial charge in [0.25, 0.3) is 0 Å². The molecule has 94 valence electrons. The van der Waals surface area contributed by atoms with Gasteiger partial charge < -0.3 is 24.4 Å². The van der Waals surface area contributed by atoms with Crippen LogP contribution in [0.4, 0.5) is 0 Å². The molecule has 0 spiro atoms. The van der Waals surface area contributed by atoms with Crippen LogP contribution in [0.25, 0.3) is 0 Å². The lowest BCUT2D eigenvalue weighted by molar-refractivity contribution is -0.197. The summed E-state index contributed by atoms with van der Waals surface area (Å²) in [5.74, 6) is -0.271. The maximum atomic E-state index is 9.80. The maximum absolute atomic E-state index is 9.80. The van der Waals surface area contributed by atoms with E-state index in [9.17, 15) is 5.11 Å². The number of ether oxygens (including phenoxy) is 3. The number of hydrogen-bond acceptors (Lipinski definition) is 5. The zero-order valence-corrected chi connectivity index (χ0v) is 9.90. The van der Waals surface area contributed by atoms with Crippen molar-refractivity contribution < 1.29 is 24.4 Å². The van der Waals surface area contributed by atoms with E-state index < -0.39 is 5.79 Å². The van der Waals surface area contributed by atoms with Crippen molar-refractivity contribution in [3.63, 3.8) is 0 Å². The summed E-state index contributed by atoms with van der Waals surface area (Å²) < 4.78 is 16.5. The molecule has 1 unspecified atom stereocenters. The number of aliphatic hydroxyl groups excluding tert-OH is 1. The van der Waals surface area contributed by atoms with E-state index in [1.807, 2.05) is 6.92 Å². The third-order valence-corrected chi connectivity index (χ3v) is 2.54. The van der Waals surface area contributed by atoms with E-state index in [4.69, 9.17) is 19.3 Å². The van der Waals surface area contributed by atoms with E-state index in [0.717, 1.165) is 0 Å². The summed E-state index contributed by atoms with van der Waals surface area (Å²) >= 11 is 0. The van der Waals surface area contributed by atoms with Crippen LogP contribution in [0.1, 0.15) is 19.4 Å². The Morgan fingerprint density at radius 3 is 2.88 bits per heavy atom.